The molecular formula is C25H25N3O4S. The summed E-state index contributed by atoms with van der Waals surface area (Å²) >= 11 is 0. The summed E-state index contributed by atoms with van der Waals surface area (Å²) in [5.74, 6) is 2.78. The number of amidine groups is 1. The van der Waals surface area contributed by atoms with Gasteiger partial charge in [-0.2, -0.15) is 4.31 Å². The molecule has 2 heterocycles. The summed E-state index contributed by atoms with van der Waals surface area (Å²) in [5, 5.41) is 0. The molecular weight excluding hydrogens is 438 g/mol. The Morgan fingerprint density at radius 1 is 0.970 bits per heavy atom. The molecule has 2 aliphatic heterocycles. The molecule has 8 heteroatoms. The third-order valence-corrected chi connectivity index (χ3v) is 7.98. The van der Waals surface area contributed by atoms with E-state index in [4.69, 9.17) is 14.5 Å². The second-order valence-electron chi connectivity index (χ2n) is 8.09. The van der Waals surface area contributed by atoms with E-state index in [0.29, 0.717) is 41.8 Å². The van der Waals surface area contributed by atoms with Gasteiger partial charge in [0.2, 0.25) is 10.0 Å². The number of nitrogens with zero attached hydrogens (tertiary/aromatic N) is 3. The van der Waals surface area contributed by atoms with Gasteiger partial charge in [-0.05, 0) is 43.3 Å². The van der Waals surface area contributed by atoms with Gasteiger partial charge in [0.25, 0.3) is 0 Å². The zero-order chi connectivity index (χ0) is 23.0. The van der Waals surface area contributed by atoms with Gasteiger partial charge in [0.15, 0.2) is 5.75 Å². The Hall–Kier alpha value is -3.36. The Bertz CT molecular complexity index is 1310. The van der Waals surface area contributed by atoms with E-state index in [9.17, 15) is 8.42 Å². The van der Waals surface area contributed by atoms with Crippen LogP contribution in [0.15, 0.2) is 82.7 Å². The zero-order valence-electron chi connectivity index (χ0n) is 18.5. The van der Waals surface area contributed by atoms with Gasteiger partial charge in [-0.1, -0.05) is 30.3 Å². The van der Waals surface area contributed by atoms with Crippen molar-refractivity contribution in [1.82, 2.24) is 9.21 Å². The largest absolute Gasteiger partial charge is 0.497 e. The average Bonchev–Trinajstić information content (AvgIpc) is 3.00. The fourth-order valence-corrected chi connectivity index (χ4v) is 5.92. The summed E-state index contributed by atoms with van der Waals surface area (Å²) < 4.78 is 39.6. The molecule has 1 atom stereocenters. The van der Waals surface area contributed by atoms with Crippen LogP contribution >= 0.6 is 0 Å². The second kappa shape index (κ2) is 8.53. The quantitative estimate of drug-likeness (QED) is 0.580. The minimum Gasteiger partial charge on any atom is -0.497 e. The summed E-state index contributed by atoms with van der Waals surface area (Å²) in [6, 6.07) is 21.7. The van der Waals surface area contributed by atoms with Gasteiger partial charge in [-0.3, -0.25) is 0 Å². The molecule has 1 saturated heterocycles. The van der Waals surface area contributed by atoms with Crippen LogP contribution in [-0.2, 0) is 10.0 Å². The molecule has 33 heavy (non-hydrogen) atoms. The predicted molar refractivity (Wildman–Crippen MR) is 127 cm³/mol. The lowest BCUT2D eigenvalue weighted by Gasteiger charge is -2.40. The monoisotopic (exact) mass is 463 g/mol. The molecule has 2 aliphatic rings. The van der Waals surface area contributed by atoms with E-state index < -0.39 is 10.0 Å². The molecule has 5 rings (SSSR count). The van der Waals surface area contributed by atoms with E-state index in [1.807, 2.05) is 55.5 Å². The fraction of sp³-hybridized carbons (Fsp3) is 0.240. The van der Waals surface area contributed by atoms with Crippen LogP contribution in [0.3, 0.4) is 0 Å². The van der Waals surface area contributed by atoms with Gasteiger partial charge in [-0.15, -0.1) is 0 Å². The second-order valence-corrected chi connectivity index (χ2v) is 9.98. The molecule has 0 saturated carbocycles. The average molecular weight is 464 g/mol. The molecule has 0 spiro atoms. The molecule has 3 aromatic carbocycles. The lowest BCUT2D eigenvalue weighted by molar-refractivity contribution is 0.205. The van der Waals surface area contributed by atoms with Crippen molar-refractivity contribution in [3.05, 3.63) is 78.4 Å². The number of sulfonamides is 1. The number of methoxy groups -OCH3 is 1. The molecule has 0 unspecified atom stereocenters. The number of ether oxygens (including phenoxy) is 2. The van der Waals surface area contributed by atoms with E-state index in [0.717, 1.165) is 17.1 Å². The zero-order valence-corrected chi connectivity index (χ0v) is 19.3. The molecule has 0 aromatic heterocycles. The Morgan fingerprint density at radius 2 is 1.73 bits per heavy atom. The number of aliphatic imine (C=N–C) groups is 1. The minimum atomic E-state index is -3.57. The van der Waals surface area contributed by atoms with Crippen LogP contribution in [0.4, 0.5) is 5.69 Å². The SMILES string of the molecule is COc1ccc2c(c1)Oc1ccccc1N=C2N1CCN(S(=O)(=O)c2ccccc2)[C@H](C)C1. The lowest BCUT2D eigenvalue weighted by Crippen LogP contribution is -2.55. The van der Waals surface area contributed by atoms with E-state index in [1.54, 1.807) is 35.7 Å². The number of piperazine rings is 1. The Labute approximate surface area is 193 Å². The summed E-state index contributed by atoms with van der Waals surface area (Å²) in [4.78, 5) is 7.40. The molecule has 0 radical (unpaired) electrons. The molecule has 0 aliphatic carbocycles. The molecule has 0 amide bonds. The molecule has 0 N–H and O–H groups in total. The van der Waals surface area contributed by atoms with Gasteiger partial charge >= 0.3 is 0 Å². The van der Waals surface area contributed by atoms with Crippen molar-refractivity contribution < 1.29 is 17.9 Å². The van der Waals surface area contributed by atoms with Crippen molar-refractivity contribution in [2.45, 2.75) is 17.9 Å². The molecule has 170 valence electrons. The summed E-state index contributed by atoms with van der Waals surface area (Å²) in [6.45, 7) is 3.33. The van der Waals surface area contributed by atoms with Crippen molar-refractivity contribution in [1.29, 1.82) is 0 Å². The number of hydrogen-bond acceptors (Lipinski definition) is 6. The third kappa shape index (κ3) is 3.96. The van der Waals surface area contributed by atoms with E-state index >= 15 is 0 Å². The summed E-state index contributed by atoms with van der Waals surface area (Å²) in [5.41, 5.74) is 1.58. The van der Waals surface area contributed by atoms with Crippen LogP contribution in [0, 0.1) is 0 Å². The highest BCUT2D eigenvalue weighted by molar-refractivity contribution is 7.89. The maximum absolute atomic E-state index is 13.2. The maximum atomic E-state index is 13.2. The summed E-state index contributed by atoms with van der Waals surface area (Å²) in [6.07, 6.45) is 0. The van der Waals surface area contributed by atoms with Crippen molar-refractivity contribution in [3.63, 3.8) is 0 Å². The van der Waals surface area contributed by atoms with Crippen LogP contribution < -0.4 is 9.47 Å². The van der Waals surface area contributed by atoms with Crippen LogP contribution in [-0.4, -0.2) is 56.2 Å². The van der Waals surface area contributed by atoms with Gasteiger partial charge in [0.1, 0.15) is 23.0 Å². The minimum absolute atomic E-state index is 0.229. The van der Waals surface area contributed by atoms with E-state index in [-0.39, 0.29) is 6.04 Å². The fourth-order valence-electron chi connectivity index (χ4n) is 4.29. The molecule has 3 aromatic rings. The maximum Gasteiger partial charge on any atom is 0.243 e. The number of fused-ring (bicyclic) bond motifs is 2. The predicted octanol–water partition coefficient (Wildman–Crippen LogP) is 4.27. The first-order valence-corrected chi connectivity index (χ1v) is 12.3. The Kier molecular flexibility index (Phi) is 5.55. The van der Waals surface area contributed by atoms with Crippen molar-refractivity contribution in [3.8, 4) is 17.2 Å². The number of benzene rings is 3. The van der Waals surface area contributed by atoms with Crippen molar-refractivity contribution >= 4 is 21.5 Å². The van der Waals surface area contributed by atoms with Gasteiger partial charge in [0, 0.05) is 31.7 Å². The molecule has 1 fully saturated rings. The first-order chi connectivity index (χ1) is 16.0. The van der Waals surface area contributed by atoms with Gasteiger partial charge in [0.05, 0.1) is 17.6 Å². The Balaban J connectivity index is 1.49. The van der Waals surface area contributed by atoms with E-state index in [2.05, 4.69) is 4.90 Å². The highest BCUT2D eigenvalue weighted by Gasteiger charge is 2.36. The smallest absolute Gasteiger partial charge is 0.243 e. The Morgan fingerprint density at radius 3 is 2.48 bits per heavy atom. The summed E-state index contributed by atoms with van der Waals surface area (Å²) in [7, 11) is -1.94. The van der Waals surface area contributed by atoms with Crippen LogP contribution in [0.2, 0.25) is 0 Å². The van der Waals surface area contributed by atoms with Gasteiger partial charge in [-0.25, -0.2) is 13.4 Å². The number of rotatable bonds is 3. The highest BCUT2D eigenvalue weighted by Crippen LogP contribution is 2.39. The van der Waals surface area contributed by atoms with Crippen LogP contribution in [0.5, 0.6) is 17.2 Å². The van der Waals surface area contributed by atoms with Crippen LogP contribution in [0.1, 0.15) is 12.5 Å². The number of hydrogen-bond donors (Lipinski definition) is 0. The van der Waals surface area contributed by atoms with Gasteiger partial charge < -0.3 is 14.4 Å². The first-order valence-electron chi connectivity index (χ1n) is 10.8. The van der Waals surface area contributed by atoms with E-state index in [1.165, 1.54) is 0 Å². The standard InChI is InChI=1S/C25H25N3O4S/c1-18-17-27(14-15-28(18)33(29,30)20-8-4-3-5-9-20)25-21-13-12-19(31-2)16-24(21)32-23-11-7-6-10-22(23)26-25/h3-13,16,18H,14-15,17H2,1-2H3/t18-/m1/s1. The third-order valence-electron chi connectivity index (χ3n) is 5.96. The molecule has 0 bridgehead atoms. The van der Waals surface area contributed by atoms with Crippen molar-refractivity contribution in [2.75, 3.05) is 26.7 Å². The lowest BCUT2D eigenvalue weighted by atomic mass is 10.1. The normalized spacial score (nSPS) is 18.4. The topological polar surface area (TPSA) is 71.4 Å². The first kappa shape index (κ1) is 21.5. The number of para-hydroxylation sites is 2. The highest BCUT2D eigenvalue weighted by atomic mass is 32.2. The molecule has 7 nitrogen and oxygen atoms in total. The van der Waals surface area contributed by atoms with Crippen molar-refractivity contribution in [2.24, 2.45) is 4.99 Å². The van der Waals surface area contributed by atoms with Crippen LogP contribution in [0.25, 0.3) is 0 Å².